The van der Waals surface area contributed by atoms with Crippen molar-refractivity contribution in [2.24, 2.45) is 0 Å². The lowest BCUT2D eigenvalue weighted by atomic mass is 10.1. The number of cyclic esters (lactones) is 1. The summed E-state index contributed by atoms with van der Waals surface area (Å²) >= 11 is 0. The minimum atomic E-state index is -4.64. The highest BCUT2D eigenvalue weighted by atomic mass is 31.2. The molecule has 0 aromatic carbocycles. The summed E-state index contributed by atoms with van der Waals surface area (Å²) in [7, 11) is -4.64. The predicted molar refractivity (Wildman–Crippen MR) is 92.0 cm³/mol. The molecule has 1 heterocycles. The third-order valence-electron chi connectivity index (χ3n) is 3.64. The van der Waals surface area contributed by atoms with Crippen molar-refractivity contribution in [2.75, 3.05) is 13.2 Å². The molecule has 0 fully saturated rings. The third-order valence-corrected chi connectivity index (χ3v) is 4.66. The number of ether oxygens (including phenoxy) is 2. The number of aliphatic hydroxyl groups excluding tert-OH is 2. The molecule has 0 amide bonds. The molecule has 2 unspecified atom stereocenters. The zero-order valence-corrected chi connectivity index (χ0v) is 16.4. The monoisotopic (exact) mass is 410 g/mol. The van der Waals surface area contributed by atoms with Crippen LogP contribution in [0.1, 0.15) is 52.4 Å². The van der Waals surface area contributed by atoms with Crippen molar-refractivity contribution in [3.8, 4) is 0 Å². The molecule has 1 aliphatic heterocycles. The number of carbonyl (C=O) groups is 2. The molecule has 0 radical (unpaired) electrons. The van der Waals surface area contributed by atoms with Gasteiger partial charge in [-0.2, -0.15) is 0 Å². The Morgan fingerprint density at radius 3 is 2.52 bits per heavy atom. The van der Waals surface area contributed by atoms with E-state index in [1.165, 1.54) is 6.92 Å². The Morgan fingerprint density at radius 2 is 1.93 bits per heavy atom. The summed E-state index contributed by atoms with van der Waals surface area (Å²) < 4.78 is 31.0. The van der Waals surface area contributed by atoms with Gasteiger partial charge < -0.3 is 24.2 Å². The van der Waals surface area contributed by atoms with Gasteiger partial charge in [0.1, 0.15) is 6.10 Å². The molecule has 0 aromatic rings. The first-order valence-electron chi connectivity index (χ1n) is 8.87. The first-order valence-corrected chi connectivity index (χ1v) is 10.4. The highest BCUT2D eigenvalue weighted by molar-refractivity contribution is 7.47. The molecule has 11 heteroatoms. The van der Waals surface area contributed by atoms with Crippen molar-refractivity contribution in [2.45, 2.75) is 64.6 Å². The minimum absolute atomic E-state index is 0.0310. The maximum absolute atomic E-state index is 12.0. The predicted octanol–water partition coefficient (Wildman–Crippen LogP) is 1.53. The van der Waals surface area contributed by atoms with Gasteiger partial charge in [-0.1, -0.05) is 32.6 Å². The van der Waals surface area contributed by atoms with Gasteiger partial charge in [0.25, 0.3) is 5.76 Å². The standard InChI is InChI=1S/C16H27O10P/c1-3-5-6-7-8-9-12(19)24-15-14(26-27(21,22)23-4-2)13(11(18)10-17)25-16(15)20/h11,13,17-18H,3-10H2,1-2H3,(H,21,22)/t11?,13-/m1/s1. The van der Waals surface area contributed by atoms with Crippen LogP contribution < -0.4 is 0 Å². The molecule has 0 spiro atoms. The lowest BCUT2D eigenvalue weighted by Gasteiger charge is -2.20. The topological polar surface area (TPSA) is 149 Å². The molecule has 1 rings (SSSR count). The molecule has 10 nitrogen and oxygen atoms in total. The number of hydrogen-bond acceptors (Lipinski definition) is 9. The van der Waals surface area contributed by atoms with Crippen LogP contribution in [0.5, 0.6) is 0 Å². The van der Waals surface area contributed by atoms with Crippen LogP contribution in [0.3, 0.4) is 0 Å². The van der Waals surface area contributed by atoms with Gasteiger partial charge >= 0.3 is 19.8 Å². The number of rotatable bonds is 13. The lowest BCUT2D eigenvalue weighted by molar-refractivity contribution is -0.153. The lowest BCUT2D eigenvalue weighted by Crippen LogP contribution is -2.32. The van der Waals surface area contributed by atoms with Crippen molar-refractivity contribution in [1.29, 1.82) is 0 Å². The molecule has 1 aliphatic rings. The first-order chi connectivity index (χ1) is 12.8. The molecule has 0 saturated heterocycles. The molecule has 0 bridgehead atoms. The van der Waals surface area contributed by atoms with Gasteiger partial charge in [0.05, 0.1) is 13.2 Å². The van der Waals surface area contributed by atoms with Crippen LogP contribution in [0, 0.1) is 0 Å². The Morgan fingerprint density at radius 1 is 1.26 bits per heavy atom. The highest BCUT2D eigenvalue weighted by Gasteiger charge is 2.45. The van der Waals surface area contributed by atoms with E-state index in [2.05, 4.69) is 11.4 Å². The Balaban J connectivity index is 2.89. The average Bonchev–Trinajstić information content (AvgIpc) is 2.89. The number of phosphoric ester groups is 1. The number of esters is 2. The molecule has 156 valence electrons. The first kappa shape index (κ1) is 23.6. The highest BCUT2D eigenvalue weighted by Crippen LogP contribution is 2.48. The summed E-state index contributed by atoms with van der Waals surface area (Å²) in [4.78, 5) is 33.6. The number of hydrogen-bond donors (Lipinski definition) is 3. The fraction of sp³-hybridized carbons (Fsp3) is 0.750. The van der Waals surface area contributed by atoms with E-state index in [1.54, 1.807) is 0 Å². The molecule has 0 aliphatic carbocycles. The Bertz CT molecular complexity index is 588. The van der Waals surface area contributed by atoms with E-state index in [9.17, 15) is 24.2 Å². The molecule has 3 atom stereocenters. The van der Waals surface area contributed by atoms with Crippen LogP contribution in [0.15, 0.2) is 11.5 Å². The summed E-state index contributed by atoms with van der Waals surface area (Å²) in [5.74, 6) is -3.30. The third kappa shape index (κ3) is 7.59. The largest absolute Gasteiger partial charge is 0.527 e. The minimum Gasteiger partial charge on any atom is -0.445 e. The van der Waals surface area contributed by atoms with Crippen LogP contribution in [0.4, 0.5) is 0 Å². The van der Waals surface area contributed by atoms with Gasteiger partial charge in [-0.05, 0) is 13.3 Å². The van der Waals surface area contributed by atoms with Crippen molar-refractivity contribution in [3.05, 3.63) is 11.5 Å². The van der Waals surface area contributed by atoms with Gasteiger partial charge in [0, 0.05) is 6.42 Å². The number of aliphatic hydroxyl groups is 2. The molecule has 27 heavy (non-hydrogen) atoms. The van der Waals surface area contributed by atoms with E-state index in [1.807, 2.05) is 0 Å². The second-order valence-electron chi connectivity index (χ2n) is 5.89. The summed E-state index contributed by atoms with van der Waals surface area (Å²) in [6, 6.07) is 0. The number of unbranched alkanes of at least 4 members (excludes halogenated alkanes) is 4. The van der Waals surface area contributed by atoms with E-state index in [0.717, 1.165) is 25.7 Å². The van der Waals surface area contributed by atoms with Gasteiger partial charge in [-0.15, -0.1) is 0 Å². The van der Waals surface area contributed by atoms with Crippen molar-refractivity contribution >= 4 is 19.8 Å². The normalized spacial score (nSPS) is 20.2. The van der Waals surface area contributed by atoms with Crippen LogP contribution in [-0.2, 0) is 32.7 Å². The second kappa shape index (κ2) is 11.4. The van der Waals surface area contributed by atoms with Gasteiger partial charge in [-0.25, -0.2) is 9.36 Å². The number of phosphoric acid groups is 1. The van der Waals surface area contributed by atoms with Crippen molar-refractivity contribution in [3.63, 3.8) is 0 Å². The Labute approximate surface area is 157 Å². The fourth-order valence-corrected chi connectivity index (χ4v) is 3.15. The van der Waals surface area contributed by atoms with Crippen LogP contribution in [0.25, 0.3) is 0 Å². The van der Waals surface area contributed by atoms with E-state index in [4.69, 9.17) is 19.1 Å². The summed E-state index contributed by atoms with van der Waals surface area (Å²) in [5.41, 5.74) is 0. The Kier molecular flexibility index (Phi) is 9.97. The molecular formula is C16H27O10P. The summed E-state index contributed by atoms with van der Waals surface area (Å²) in [5, 5.41) is 18.8. The fourth-order valence-electron chi connectivity index (χ4n) is 2.34. The summed E-state index contributed by atoms with van der Waals surface area (Å²) in [6.45, 7) is 2.51. The maximum atomic E-state index is 12.0. The van der Waals surface area contributed by atoms with E-state index < -0.39 is 50.1 Å². The van der Waals surface area contributed by atoms with Gasteiger partial charge in [0.2, 0.25) is 5.76 Å². The maximum Gasteiger partial charge on any atom is 0.527 e. The average molecular weight is 410 g/mol. The molecule has 0 saturated carbocycles. The Hall–Kier alpha value is -1.45. The summed E-state index contributed by atoms with van der Waals surface area (Å²) in [6.07, 6.45) is 1.23. The van der Waals surface area contributed by atoms with Crippen molar-refractivity contribution < 1.29 is 47.8 Å². The second-order valence-corrected chi connectivity index (χ2v) is 7.26. The quantitative estimate of drug-likeness (QED) is 0.232. The smallest absolute Gasteiger partial charge is 0.445 e. The number of carbonyl (C=O) groups excluding carboxylic acids is 2. The van der Waals surface area contributed by atoms with Crippen LogP contribution in [0.2, 0.25) is 0 Å². The van der Waals surface area contributed by atoms with Crippen molar-refractivity contribution in [1.82, 2.24) is 0 Å². The van der Waals surface area contributed by atoms with E-state index >= 15 is 0 Å². The van der Waals surface area contributed by atoms with Gasteiger partial charge in [0.15, 0.2) is 6.10 Å². The van der Waals surface area contributed by atoms with E-state index in [-0.39, 0.29) is 13.0 Å². The zero-order chi connectivity index (χ0) is 20.4. The zero-order valence-electron chi connectivity index (χ0n) is 15.5. The SMILES string of the molecule is CCCCCCCC(=O)OC1=C(OP(=O)(O)OCC)[C@@H](C(O)CO)OC1=O. The molecule has 3 N–H and O–H groups in total. The van der Waals surface area contributed by atoms with E-state index in [0.29, 0.717) is 6.42 Å². The van der Waals surface area contributed by atoms with Crippen LogP contribution in [-0.4, -0.2) is 52.5 Å². The van der Waals surface area contributed by atoms with Gasteiger partial charge in [-0.3, -0.25) is 14.2 Å². The molecular weight excluding hydrogens is 383 g/mol. The molecule has 0 aromatic heterocycles. The van der Waals surface area contributed by atoms with Crippen LogP contribution >= 0.6 is 7.82 Å².